The van der Waals surface area contributed by atoms with Gasteiger partial charge in [-0.15, -0.1) is 0 Å². The van der Waals surface area contributed by atoms with Gasteiger partial charge in [0.1, 0.15) is 29.8 Å². The minimum absolute atomic E-state index is 0.439. The molecule has 0 bridgehead atoms. The molecular formula is C10H14F4N2O3S. The third kappa shape index (κ3) is 2.74. The number of ether oxygens (including phenoxy) is 1. The molecule has 2 aliphatic rings. The van der Waals surface area contributed by atoms with Gasteiger partial charge in [-0.05, 0) is 0 Å². The molecular weight excluding hydrogens is 304 g/mol. The number of thioether (sulfide) groups is 1. The highest BCUT2D eigenvalue weighted by Crippen LogP contribution is 2.40. The van der Waals surface area contributed by atoms with E-state index >= 15 is 0 Å². The molecule has 1 fully saturated rings. The number of aliphatic imine (C=N–C) groups is 1. The molecule has 10 heteroatoms. The molecule has 0 unspecified atom stereocenters. The summed E-state index contributed by atoms with van der Waals surface area (Å²) in [4.78, 5) is 5.66. The Morgan fingerprint density at radius 3 is 2.40 bits per heavy atom. The second-order valence-electron chi connectivity index (χ2n) is 4.81. The van der Waals surface area contributed by atoms with Crippen molar-refractivity contribution in [3.05, 3.63) is 0 Å². The van der Waals surface area contributed by atoms with Crippen molar-refractivity contribution in [2.24, 2.45) is 4.99 Å². The van der Waals surface area contributed by atoms with Crippen LogP contribution in [0.4, 0.5) is 17.6 Å². The van der Waals surface area contributed by atoms with Crippen LogP contribution < -0.4 is 0 Å². The first kappa shape index (κ1) is 15.8. The first-order valence-corrected chi connectivity index (χ1v) is 6.65. The number of nitrogens with zero attached hydrogens (tertiary/aromatic N) is 2. The Bertz CT molecular complexity index is 406. The zero-order valence-corrected chi connectivity index (χ0v) is 11.4. The molecule has 116 valence electrons. The maximum Gasteiger partial charge on any atom is 0.422 e. The zero-order valence-electron chi connectivity index (χ0n) is 10.6. The Morgan fingerprint density at radius 2 is 1.90 bits per heavy atom. The Balaban J connectivity index is 2.17. The summed E-state index contributed by atoms with van der Waals surface area (Å²) in [5, 5.41) is 19.9. The molecule has 0 spiro atoms. The molecule has 0 aromatic heterocycles. The SMILES string of the molecule is CN(C)C1=N[C@@H]2[C@@H](O)[C@H](O)[C@@H]([C@@H](F)C(F)(F)F)O[C@@H]2S1. The van der Waals surface area contributed by atoms with E-state index in [-0.39, 0.29) is 0 Å². The van der Waals surface area contributed by atoms with Gasteiger partial charge in [0, 0.05) is 14.1 Å². The average molecular weight is 318 g/mol. The van der Waals surface area contributed by atoms with E-state index in [9.17, 15) is 27.8 Å². The van der Waals surface area contributed by atoms with Crippen LogP contribution in [-0.2, 0) is 4.74 Å². The van der Waals surface area contributed by atoms with Gasteiger partial charge in [-0.25, -0.2) is 4.39 Å². The van der Waals surface area contributed by atoms with Crippen molar-refractivity contribution in [1.29, 1.82) is 0 Å². The van der Waals surface area contributed by atoms with Crippen molar-refractivity contribution in [1.82, 2.24) is 4.90 Å². The normalized spacial score (nSPS) is 39.2. The molecule has 6 atom stereocenters. The molecule has 0 saturated carbocycles. The Kier molecular flexibility index (Phi) is 4.20. The highest BCUT2D eigenvalue weighted by atomic mass is 32.2. The predicted octanol–water partition coefficient (Wildman–Crippen LogP) is 0.366. The van der Waals surface area contributed by atoms with Crippen LogP contribution in [0.5, 0.6) is 0 Å². The van der Waals surface area contributed by atoms with E-state index < -0.39 is 42.1 Å². The summed E-state index contributed by atoms with van der Waals surface area (Å²) >= 11 is 0.989. The minimum Gasteiger partial charge on any atom is -0.388 e. The standard InChI is InChI=1S/C10H14F4N2O3S/c1-16(2)9-15-3-4(17)5(18)6(19-8(3)20-9)7(11)10(12,13)14/h3-8,17-18H,1-2H3/t3-,4-,5+,6+,7-,8-/m1/s1. The van der Waals surface area contributed by atoms with E-state index in [1.807, 2.05) is 0 Å². The first-order valence-electron chi connectivity index (χ1n) is 5.77. The van der Waals surface area contributed by atoms with Crippen molar-refractivity contribution in [2.75, 3.05) is 14.1 Å². The molecule has 0 aromatic carbocycles. The molecule has 2 N–H and O–H groups in total. The number of hydrogen-bond acceptors (Lipinski definition) is 6. The number of aliphatic hydroxyl groups is 2. The maximum absolute atomic E-state index is 13.4. The van der Waals surface area contributed by atoms with Crippen molar-refractivity contribution in [3.63, 3.8) is 0 Å². The lowest BCUT2D eigenvalue weighted by Gasteiger charge is -2.39. The molecule has 1 saturated heterocycles. The highest BCUT2D eigenvalue weighted by molar-refractivity contribution is 8.14. The molecule has 0 radical (unpaired) electrons. The summed E-state index contributed by atoms with van der Waals surface area (Å²) in [7, 11) is 3.33. The van der Waals surface area contributed by atoms with Gasteiger partial charge in [0.05, 0.1) is 0 Å². The Morgan fingerprint density at radius 1 is 1.30 bits per heavy atom. The van der Waals surface area contributed by atoms with Crippen LogP contribution >= 0.6 is 11.8 Å². The number of halogens is 4. The van der Waals surface area contributed by atoms with Crippen molar-refractivity contribution >= 4 is 16.9 Å². The zero-order chi connectivity index (χ0) is 15.2. The lowest BCUT2D eigenvalue weighted by Crippen LogP contribution is -2.59. The molecule has 0 aliphatic carbocycles. The van der Waals surface area contributed by atoms with Crippen LogP contribution in [0.1, 0.15) is 0 Å². The van der Waals surface area contributed by atoms with E-state index in [4.69, 9.17) is 4.74 Å². The van der Waals surface area contributed by atoms with E-state index in [1.54, 1.807) is 19.0 Å². The molecule has 0 aromatic rings. The Hall–Kier alpha value is -0.580. The van der Waals surface area contributed by atoms with Gasteiger partial charge in [-0.2, -0.15) is 13.2 Å². The van der Waals surface area contributed by atoms with E-state index in [2.05, 4.69) is 4.99 Å². The van der Waals surface area contributed by atoms with Crippen molar-refractivity contribution in [2.45, 2.75) is 42.1 Å². The topological polar surface area (TPSA) is 65.3 Å². The lowest BCUT2D eigenvalue weighted by molar-refractivity contribution is -0.251. The number of rotatable bonds is 1. The number of alkyl halides is 4. The summed E-state index contributed by atoms with van der Waals surface area (Å²) in [6.07, 6.45) is -14.3. The maximum atomic E-state index is 13.4. The fourth-order valence-corrected chi connectivity index (χ4v) is 3.17. The number of fused-ring (bicyclic) bond motifs is 1. The van der Waals surface area contributed by atoms with Gasteiger partial charge in [-0.3, -0.25) is 4.99 Å². The third-order valence-corrected chi connectivity index (χ3v) is 4.37. The summed E-state index contributed by atoms with van der Waals surface area (Å²) in [6, 6.07) is -0.913. The molecule has 5 nitrogen and oxygen atoms in total. The quantitative estimate of drug-likeness (QED) is 0.684. The second-order valence-corrected chi connectivity index (χ2v) is 5.87. The van der Waals surface area contributed by atoms with Crippen molar-refractivity contribution in [3.8, 4) is 0 Å². The van der Waals surface area contributed by atoms with Crippen LogP contribution in [0, 0.1) is 0 Å². The Labute approximate surface area is 116 Å². The molecule has 2 heterocycles. The fraction of sp³-hybridized carbons (Fsp3) is 0.900. The van der Waals surface area contributed by atoms with Crippen LogP contribution in [0.2, 0.25) is 0 Å². The van der Waals surface area contributed by atoms with E-state index in [0.29, 0.717) is 5.17 Å². The van der Waals surface area contributed by atoms with Crippen LogP contribution in [-0.4, -0.2) is 76.5 Å². The summed E-state index contributed by atoms with van der Waals surface area (Å²) in [6.45, 7) is 0. The minimum atomic E-state index is -5.16. The van der Waals surface area contributed by atoms with Gasteiger partial charge >= 0.3 is 6.18 Å². The summed E-state index contributed by atoms with van der Waals surface area (Å²) < 4.78 is 55.5. The van der Waals surface area contributed by atoms with Gasteiger partial charge in [0.15, 0.2) is 5.17 Å². The first-order chi connectivity index (χ1) is 9.12. The largest absolute Gasteiger partial charge is 0.422 e. The third-order valence-electron chi connectivity index (χ3n) is 3.07. The van der Waals surface area contributed by atoms with Crippen LogP contribution in [0.25, 0.3) is 0 Å². The number of amidine groups is 1. The average Bonchev–Trinajstić information content (AvgIpc) is 2.76. The van der Waals surface area contributed by atoms with E-state index in [0.717, 1.165) is 11.8 Å². The molecule has 20 heavy (non-hydrogen) atoms. The van der Waals surface area contributed by atoms with Gasteiger partial charge in [0.25, 0.3) is 0 Å². The highest BCUT2D eigenvalue weighted by Gasteiger charge is 2.57. The van der Waals surface area contributed by atoms with E-state index in [1.165, 1.54) is 0 Å². The monoisotopic (exact) mass is 318 g/mol. The summed E-state index contributed by atoms with van der Waals surface area (Å²) in [5.74, 6) is 0. The second kappa shape index (κ2) is 5.32. The van der Waals surface area contributed by atoms with Crippen molar-refractivity contribution < 1.29 is 32.5 Å². The lowest BCUT2D eigenvalue weighted by atomic mass is 9.95. The number of aliphatic hydroxyl groups excluding tert-OH is 2. The molecule has 2 aliphatic heterocycles. The van der Waals surface area contributed by atoms with Gasteiger partial charge in [-0.1, -0.05) is 11.8 Å². The predicted molar refractivity (Wildman–Crippen MR) is 64.1 cm³/mol. The van der Waals surface area contributed by atoms with Crippen LogP contribution in [0.15, 0.2) is 4.99 Å². The fourth-order valence-electron chi connectivity index (χ4n) is 2.02. The van der Waals surface area contributed by atoms with Gasteiger partial charge in [0.2, 0.25) is 6.17 Å². The number of hydrogen-bond donors (Lipinski definition) is 2. The smallest absolute Gasteiger partial charge is 0.388 e. The van der Waals surface area contributed by atoms with Gasteiger partial charge < -0.3 is 19.8 Å². The molecule has 2 rings (SSSR count). The summed E-state index contributed by atoms with van der Waals surface area (Å²) in [5.41, 5.74) is -0.948. The van der Waals surface area contributed by atoms with Crippen LogP contribution in [0.3, 0.4) is 0 Å². The molecule has 0 amide bonds.